The van der Waals surface area contributed by atoms with Gasteiger partial charge in [0.15, 0.2) is 0 Å². The molecular formula is C32H22O. The van der Waals surface area contributed by atoms with E-state index in [1.54, 1.807) is 0 Å². The Hall–Kier alpha value is -4.10. The normalized spacial score (nSPS) is 14.1. The van der Waals surface area contributed by atoms with E-state index in [1.165, 1.54) is 44.5 Å². The predicted octanol–water partition coefficient (Wildman–Crippen LogP) is 7.75. The maximum atomic E-state index is 6.57. The summed E-state index contributed by atoms with van der Waals surface area (Å²) in [4.78, 5) is 0. The van der Waals surface area contributed by atoms with Crippen molar-refractivity contribution in [3.8, 4) is 22.6 Å². The smallest absolute Gasteiger partial charge is 0.132 e. The number of ether oxygens (including phenoxy) is 1. The van der Waals surface area contributed by atoms with Crippen LogP contribution >= 0.6 is 0 Å². The van der Waals surface area contributed by atoms with Crippen molar-refractivity contribution in [1.82, 2.24) is 0 Å². The second kappa shape index (κ2) is 6.95. The van der Waals surface area contributed by atoms with Crippen molar-refractivity contribution in [1.29, 1.82) is 0 Å². The van der Waals surface area contributed by atoms with Crippen LogP contribution in [0.5, 0.6) is 11.5 Å². The Labute approximate surface area is 193 Å². The van der Waals surface area contributed by atoms with Crippen LogP contribution in [0.4, 0.5) is 0 Å². The van der Waals surface area contributed by atoms with Gasteiger partial charge in [0.2, 0.25) is 0 Å². The molecular weight excluding hydrogens is 400 g/mol. The van der Waals surface area contributed by atoms with E-state index in [0.29, 0.717) is 0 Å². The third kappa shape index (κ3) is 2.54. The van der Waals surface area contributed by atoms with Crippen LogP contribution in [0.2, 0.25) is 0 Å². The number of rotatable bonds is 2. The quantitative estimate of drug-likeness (QED) is 0.277. The lowest BCUT2D eigenvalue weighted by molar-refractivity contribution is 0.436. The Balaban J connectivity index is 1.51. The minimum Gasteiger partial charge on any atom is -0.457 e. The molecule has 1 spiro atoms. The third-order valence-corrected chi connectivity index (χ3v) is 7.16. The highest BCUT2D eigenvalue weighted by atomic mass is 16.5. The minimum absolute atomic E-state index is 0.372. The van der Waals surface area contributed by atoms with Gasteiger partial charge >= 0.3 is 0 Å². The van der Waals surface area contributed by atoms with Gasteiger partial charge in [0.05, 0.1) is 5.41 Å². The lowest BCUT2D eigenvalue weighted by Crippen LogP contribution is -2.32. The van der Waals surface area contributed by atoms with Crippen LogP contribution in [0.1, 0.15) is 33.4 Å². The summed E-state index contributed by atoms with van der Waals surface area (Å²) in [7, 11) is 0. The summed E-state index contributed by atoms with van der Waals surface area (Å²) < 4.78 is 6.57. The summed E-state index contributed by atoms with van der Waals surface area (Å²) >= 11 is 0. The SMILES string of the molecule is c1ccc(Cc2ccc3c(c2)Oc2ccccc2C32c3ccccc3-c3ccccc32)cc1. The Morgan fingerprint density at radius 1 is 0.455 bits per heavy atom. The van der Waals surface area contributed by atoms with Gasteiger partial charge in [0.25, 0.3) is 0 Å². The Morgan fingerprint density at radius 3 is 1.76 bits per heavy atom. The first kappa shape index (κ1) is 18.5. The highest BCUT2D eigenvalue weighted by Gasteiger charge is 2.50. The summed E-state index contributed by atoms with van der Waals surface area (Å²) in [5, 5.41) is 0. The minimum atomic E-state index is -0.372. The number of hydrogen-bond donors (Lipinski definition) is 0. The molecule has 0 saturated heterocycles. The fourth-order valence-electron chi connectivity index (χ4n) is 5.85. The number of hydrogen-bond acceptors (Lipinski definition) is 1. The van der Waals surface area contributed by atoms with Crippen LogP contribution < -0.4 is 4.74 Å². The molecule has 0 atom stereocenters. The molecule has 2 aliphatic rings. The average Bonchev–Trinajstić information content (AvgIpc) is 3.16. The van der Waals surface area contributed by atoms with Crippen LogP contribution in [-0.2, 0) is 11.8 Å². The van der Waals surface area contributed by atoms with Gasteiger partial charge in [-0.3, -0.25) is 0 Å². The molecule has 0 fully saturated rings. The van der Waals surface area contributed by atoms with Gasteiger partial charge in [0, 0.05) is 11.1 Å². The molecule has 1 heterocycles. The molecule has 0 amide bonds. The molecule has 33 heavy (non-hydrogen) atoms. The maximum absolute atomic E-state index is 6.57. The van der Waals surface area contributed by atoms with Crippen molar-refractivity contribution in [3.63, 3.8) is 0 Å². The van der Waals surface area contributed by atoms with E-state index in [1.807, 2.05) is 0 Å². The topological polar surface area (TPSA) is 9.23 Å². The van der Waals surface area contributed by atoms with Crippen LogP contribution in [0.25, 0.3) is 11.1 Å². The molecule has 0 bridgehead atoms. The third-order valence-electron chi connectivity index (χ3n) is 7.16. The van der Waals surface area contributed by atoms with Gasteiger partial charge in [0.1, 0.15) is 11.5 Å². The van der Waals surface area contributed by atoms with E-state index < -0.39 is 0 Å². The van der Waals surface area contributed by atoms with Gasteiger partial charge in [-0.25, -0.2) is 0 Å². The van der Waals surface area contributed by atoms with Crippen molar-refractivity contribution in [2.24, 2.45) is 0 Å². The highest BCUT2D eigenvalue weighted by Crippen LogP contribution is 2.61. The van der Waals surface area contributed by atoms with Gasteiger partial charge < -0.3 is 4.74 Å². The first-order valence-electron chi connectivity index (χ1n) is 11.5. The Morgan fingerprint density at radius 2 is 1.03 bits per heavy atom. The van der Waals surface area contributed by atoms with Crippen molar-refractivity contribution < 1.29 is 4.74 Å². The molecule has 0 N–H and O–H groups in total. The van der Waals surface area contributed by atoms with Crippen LogP contribution in [-0.4, -0.2) is 0 Å². The Kier molecular flexibility index (Phi) is 3.89. The first-order chi connectivity index (χ1) is 16.4. The summed E-state index contributed by atoms with van der Waals surface area (Å²) in [6.45, 7) is 0. The number of fused-ring (bicyclic) bond motifs is 9. The largest absolute Gasteiger partial charge is 0.457 e. The van der Waals surface area contributed by atoms with E-state index >= 15 is 0 Å². The second-order valence-corrected chi connectivity index (χ2v) is 8.93. The summed E-state index contributed by atoms with van der Waals surface area (Å²) in [5.74, 6) is 1.89. The standard InChI is InChI=1S/C32H22O/c1-2-10-22(11-3-1)20-23-18-19-29-31(21-23)33-30-17-9-8-16-28(30)32(29)26-14-6-4-12-24(26)25-13-5-7-15-27(25)32/h1-19,21H,20H2. The molecule has 5 aromatic carbocycles. The zero-order valence-corrected chi connectivity index (χ0v) is 18.2. The molecule has 1 aliphatic carbocycles. The van der Waals surface area contributed by atoms with E-state index in [-0.39, 0.29) is 5.41 Å². The summed E-state index contributed by atoms with van der Waals surface area (Å²) in [6, 6.07) is 43.7. The molecule has 0 aromatic heterocycles. The molecule has 7 rings (SSSR count). The van der Waals surface area contributed by atoms with Gasteiger partial charge in [-0.05, 0) is 51.9 Å². The maximum Gasteiger partial charge on any atom is 0.132 e. The van der Waals surface area contributed by atoms with E-state index in [0.717, 1.165) is 17.9 Å². The Bertz CT molecular complexity index is 1470. The van der Waals surface area contributed by atoms with Gasteiger partial charge in [-0.1, -0.05) is 109 Å². The average molecular weight is 423 g/mol. The molecule has 0 saturated carbocycles. The number of para-hydroxylation sites is 1. The second-order valence-electron chi connectivity index (χ2n) is 8.93. The molecule has 1 aliphatic heterocycles. The molecule has 5 aromatic rings. The fraction of sp³-hybridized carbons (Fsp3) is 0.0625. The lowest BCUT2D eigenvalue weighted by atomic mass is 9.66. The molecule has 0 unspecified atom stereocenters. The molecule has 1 heteroatoms. The summed E-state index contributed by atoms with van der Waals surface area (Å²) in [5.41, 5.74) is 9.91. The van der Waals surface area contributed by atoms with Crippen molar-refractivity contribution in [3.05, 3.63) is 155 Å². The molecule has 0 radical (unpaired) electrons. The van der Waals surface area contributed by atoms with Crippen LogP contribution in [0.15, 0.2) is 121 Å². The van der Waals surface area contributed by atoms with E-state index in [2.05, 4.69) is 121 Å². The fourth-order valence-corrected chi connectivity index (χ4v) is 5.85. The van der Waals surface area contributed by atoms with Crippen molar-refractivity contribution in [2.75, 3.05) is 0 Å². The van der Waals surface area contributed by atoms with Gasteiger partial charge in [-0.2, -0.15) is 0 Å². The summed E-state index contributed by atoms with van der Waals surface area (Å²) in [6.07, 6.45) is 0.888. The van der Waals surface area contributed by atoms with Gasteiger partial charge in [-0.15, -0.1) is 0 Å². The first-order valence-corrected chi connectivity index (χ1v) is 11.5. The lowest BCUT2D eigenvalue weighted by Gasteiger charge is -2.39. The zero-order chi connectivity index (χ0) is 21.8. The molecule has 1 nitrogen and oxygen atoms in total. The van der Waals surface area contributed by atoms with E-state index in [4.69, 9.17) is 4.74 Å². The van der Waals surface area contributed by atoms with Crippen LogP contribution in [0.3, 0.4) is 0 Å². The van der Waals surface area contributed by atoms with Crippen molar-refractivity contribution in [2.45, 2.75) is 11.8 Å². The van der Waals surface area contributed by atoms with E-state index in [9.17, 15) is 0 Å². The van der Waals surface area contributed by atoms with Crippen LogP contribution in [0, 0.1) is 0 Å². The number of benzene rings is 5. The highest BCUT2D eigenvalue weighted by molar-refractivity contribution is 5.88. The van der Waals surface area contributed by atoms with Crippen molar-refractivity contribution >= 4 is 0 Å². The predicted molar refractivity (Wildman–Crippen MR) is 133 cm³/mol. The monoisotopic (exact) mass is 422 g/mol. The molecule has 156 valence electrons. The zero-order valence-electron chi connectivity index (χ0n) is 18.2.